The lowest BCUT2D eigenvalue weighted by molar-refractivity contribution is 0.0696. The highest BCUT2D eigenvalue weighted by atomic mass is 32.2. The number of aromatic carboxylic acids is 1. The average Bonchev–Trinajstić information content (AvgIpc) is 2.33. The molecule has 0 saturated heterocycles. The first-order valence-electron chi connectivity index (χ1n) is 6.87. The number of carbonyl (C=O) groups is 1. The lowest BCUT2D eigenvalue weighted by Gasteiger charge is -2.11. The van der Waals surface area contributed by atoms with Crippen LogP contribution >= 0.6 is 0 Å². The van der Waals surface area contributed by atoms with Crippen LogP contribution in [0.5, 0.6) is 0 Å². The van der Waals surface area contributed by atoms with Crippen LogP contribution in [0.3, 0.4) is 0 Å². The monoisotopic (exact) mass is 298 g/mol. The van der Waals surface area contributed by atoms with Crippen LogP contribution in [0.25, 0.3) is 0 Å². The van der Waals surface area contributed by atoms with E-state index in [0.717, 1.165) is 19.3 Å². The van der Waals surface area contributed by atoms with Crippen LogP contribution in [0.2, 0.25) is 0 Å². The number of rotatable bonds is 7. The molecule has 1 aromatic carbocycles. The average molecular weight is 298 g/mol. The highest BCUT2D eigenvalue weighted by Crippen LogP contribution is 2.22. The van der Waals surface area contributed by atoms with Crippen LogP contribution in [0, 0.1) is 13.8 Å². The maximum Gasteiger partial charge on any atom is 0.335 e. The fourth-order valence-electron chi connectivity index (χ4n) is 2.23. The van der Waals surface area contributed by atoms with E-state index in [2.05, 4.69) is 6.92 Å². The second-order valence-corrected chi connectivity index (χ2v) is 7.19. The number of benzene rings is 1. The lowest BCUT2D eigenvalue weighted by atomic mass is 10.1. The number of unbranched alkanes of at least 4 members (excludes halogenated alkanes) is 3. The normalized spacial score (nSPS) is 11.6. The topological polar surface area (TPSA) is 71.4 Å². The molecule has 20 heavy (non-hydrogen) atoms. The molecule has 0 spiro atoms. The van der Waals surface area contributed by atoms with Crippen molar-refractivity contribution in [1.29, 1.82) is 0 Å². The van der Waals surface area contributed by atoms with Gasteiger partial charge in [-0.3, -0.25) is 0 Å². The van der Waals surface area contributed by atoms with Crippen molar-refractivity contribution in [3.05, 3.63) is 28.8 Å². The van der Waals surface area contributed by atoms with E-state index in [4.69, 9.17) is 5.11 Å². The highest BCUT2D eigenvalue weighted by molar-refractivity contribution is 7.91. The summed E-state index contributed by atoms with van der Waals surface area (Å²) in [6.07, 6.45) is 3.56. The van der Waals surface area contributed by atoms with Crippen molar-refractivity contribution in [3.8, 4) is 0 Å². The second-order valence-electron chi connectivity index (χ2n) is 5.12. The zero-order valence-corrected chi connectivity index (χ0v) is 13.1. The Balaban J connectivity index is 3.05. The summed E-state index contributed by atoms with van der Waals surface area (Å²) in [7, 11) is -3.41. The van der Waals surface area contributed by atoms with Gasteiger partial charge in [0, 0.05) is 0 Å². The molecule has 0 aliphatic heterocycles. The molecule has 1 N–H and O–H groups in total. The molecule has 0 aliphatic carbocycles. The fraction of sp³-hybridized carbons (Fsp3) is 0.533. The van der Waals surface area contributed by atoms with Gasteiger partial charge in [-0.25, -0.2) is 13.2 Å². The van der Waals surface area contributed by atoms with E-state index in [9.17, 15) is 13.2 Å². The molecular weight excluding hydrogens is 276 g/mol. The molecule has 0 aliphatic rings. The minimum Gasteiger partial charge on any atom is -0.478 e. The molecule has 1 rings (SSSR count). The molecule has 0 saturated carbocycles. The lowest BCUT2D eigenvalue weighted by Crippen LogP contribution is -2.11. The third kappa shape index (κ3) is 4.07. The first-order valence-corrected chi connectivity index (χ1v) is 8.52. The van der Waals surface area contributed by atoms with Crippen molar-refractivity contribution in [2.45, 2.75) is 51.3 Å². The van der Waals surface area contributed by atoms with Gasteiger partial charge in [-0.05, 0) is 37.5 Å². The van der Waals surface area contributed by atoms with Gasteiger partial charge in [0.25, 0.3) is 0 Å². The molecule has 0 unspecified atom stereocenters. The van der Waals surface area contributed by atoms with Crippen molar-refractivity contribution < 1.29 is 18.3 Å². The summed E-state index contributed by atoms with van der Waals surface area (Å²) < 4.78 is 24.6. The zero-order valence-electron chi connectivity index (χ0n) is 12.3. The van der Waals surface area contributed by atoms with Crippen molar-refractivity contribution in [2.24, 2.45) is 0 Å². The number of aryl methyl sites for hydroxylation is 2. The third-order valence-electron chi connectivity index (χ3n) is 3.35. The van der Waals surface area contributed by atoms with Gasteiger partial charge in [0.05, 0.1) is 16.2 Å². The Kier molecular flexibility index (Phi) is 5.74. The van der Waals surface area contributed by atoms with Gasteiger partial charge in [-0.15, -0.1) is 0 Å². The van der Waals surface area contributed by atoms with Crippen molar-refractivity contribution in [3.63, 3.8) is 0 Å². The molecule has 1 aromatic rings. The molecule has 0 heterocycles. The number of carboxylic acids is 1. The Hall–Kier alpha value is -1.36. The molecule has 0 fully saturated rings. The van der Waals surface area contributed by atoms with Crippen LogP contribution < -0.4 is 0 Å². The van der Waals surface area contributed by atoms with Crippen molar-refractivity contribution >= 4 is 15.8 Å². The maximum absolute atomic E-state index is 12.3. The Morgan fingerprint density at radius 2 is 1.75 bits per heavy atom. The highest BCUT2D eigenvalue weighted by Gasteiger charge is 2.20. The van der Waals surface area contributed by atoms with Crippen LogP contribution in [-0.2, 0) is 9.84 Å². The van der Waals surface area contributed by atoms with Gasteiger partial charge in [-0.1, -0.05) is 32.3 Å². The fourth-order valence-corrected chi connectivity index (χ4v) is 3.88. The van der Waals surface area contributed by atoms with Gasteiger partial charge >= 0.3 is 5.97 Å². The van der Waals surface area contributed by atoms with E-state index in [-0.39, 0.29) is 16.2 Å². The van der Waals surface area contributed by atoms with E-state index in [1.165, 1.54) is 6.07 Å². The van der Waals surface area contributed by atoms with Crippen molar-refractivity contribution in [2.75, 3.05) is 5.75 Å². The molecular formula is C15H22O4S. The molecule has 0 amide bonds. The van der Waals surface area contributed by atoms with Crippen LogP contribution in [0.4, 0.5) is 0 Å². The summed E-state index contributed by atoms with van der Waals surface area (Å²) in [5.41, 5.74) is 1.26. The SMILES string of the molecule is CCCCCCS(=O)(=O)c1cc(C(=O)O)c(C)cc1C. The summed E-state index contributed by atoms with van der Waals surface area (Å²) in [6.45, 7) is 5.45. The molecule has 0 aromatic heterocycles. The number of sulfone groups is 1. The Labute approximate surface area is 120 Å². The third-order valence-corrected chi connectivity index (χ3v) is 5.29. The molecule has 0 radical (unpaired) electrons. The smallest absolute Gasteiger partial charge is 0.335 e. The molecule has 112 valence electrons. The Morgan fingerprint density at radius 3 is 2.30 bits per heavy atom. The predicted molar refractivity (Wildman–Crippen MR) is 79.1 cm³/mol. The molecule has 4 nitrogen and oxygen atoms in total. The van der Waals surface area contributed by atoms with Crippen LogP contribution in [0.15, 0.2) is 17.0 Å². The molecule has 0 atom stereocenters. The van der Waals surface area contributed by atoms with Crippen molar-refractivity contribution in [1.82, 2.24) is 0 Å². The van der Waals surface area contributed by atoms with Gasteiger partial charge in [0.2, 0.25) is 0 Å². The summed E-state index contributed by atoms with van der Waals surface area (Å²) in [5, 5.41) is 9.10. The van der Waals surface area contributed by atoms with Gasteiger partial charge in [0.1, 0.15) is 0 Å². The van der Waals surface area contributed by atoms with E-state index in [1.54, 1.807) is 19.9 Å². The summed E-state index contributed by atoms with van der Waals surface area (Å²) in [5.74, 6) is -1.01. The first-order chi connectivity index (χ1) is 9.29. The molecule has 5 heteroatoms. The van der Waals surface area contributed by atoms with E-state index < -0.39 is 15.8 Å². The Morgan fingerprint density at radius 1 is 1.10 bits per heavy atom. The summed E-state index contributed by atoms with van der Waals surface area (Å²) in [4.78, 5) is 11.3. The zero-order chi connectivity index (χ0) is 15.3. The van der Waals surface area contributed by atoms with Gasteiger partial charge in [0.15, 0.2) is 9.84 Å². The maximum atomic E-state index is 12.3. The number of hydrogen-bond acceptors (Lipinski definition) is 3. The van der Waals surface area contributed by atoms with Gasteiger partial charge < -0.3 is 5.11 Å². The Bertz CT molecular complexity index is 588. The number of hydrogen-bond donors (Lipinski definition) is 1. The van der Waals surface area contributed by atoms with Gasteiger partial charge in [-0.2, -0.15) is 0 Å². The summed E-state index contributed by atoms with van der Waals surface area (Å²) in [6, 6.07) is 2.92. The largest absolute Gasteiger partial charge is 0.478 e. The standard InChI is InChI=1S/C15H22O4S/c1-4-5-6-7-8-20(18,19)14-10-13(15(16)17)11(2)9-12(14)3/h9-10H,4-8H2,1-3H3,(H,16,17). The van der Waals surface area contributed by atoms with E-state index >= 15 is 0 Å². The summed E-state index contributed by atoms with van der Waals surface area (Å²) >= 11 is 0. The minimum atomic E-state index is -3.41. The predicted octanol–water partition coefficient (Wildman–Crippen LogP) is 3.36. The van der Waals surface area contributed by atoms with Crippen LogP contribution in [0.1, 0.15) is 54.1 Å². The quantitative estimate of drug-likeness (QED) is 0.783. The van der Waals surface area contributed by atoms with E-state index in [0.29, 0.717) is 17.5 Å². The first kappa shape index (κ1) is 16.7. The number of carboxylic acid groups (broad SMARTS) is 1. The van der Waals surface area contributed by atoms with Crippen LogP contribution in [-0.4, -0.2) is 25.2 Å². The minimum absolute atomic E-state index is 0.0581. The van der Waals surface area contributed by atoms with E-state index in [1.807, 2.05) is 0 Å². The molecule has 0 bridgehead atoms. The second kappa shape index (κ2) is 6.88.